The number of anilines is 2. The Balaban J connectivity index is 0.893. The molecule has 5 aromatic rings. The van der Waals surface area contributed by atoms with E-state index in [1.807, 2.05) is 19.1 Å². The van der Waals surface area contributed by atoms with Gasteiger partial charge in [0.15, 0.2) is 0 Å². The zero-order valence-corrected chi connectivity index (χ0v) is 37.5. The number of aromatic amines is 1. The Labute approximate surface area is 375 Å². The SMILES string of the molecule is CCCc1ccccc1[C@@H]1CCCN1C1CC2(CCN(c3ccc(C(=O)NS(=O)(=O)c4ccc(NC[C@H]5CC[C@](C)(O)CC5)c([N+](=O)[O-])c4)c(Oc4cnc5[nH]ccc5c4)c3)CC2)C1. The Hall–Kier alpha value is -5.51. The molecule has 4 N–H and O–H groups in total. The summed E-state index contributed by atoms with van der Waals surface area (Å²) in [4.78, 5) is 37.7. The average Bonchev–Trinajstić information content (AvgIpc) is 3.95. The van der Waals surface area contributed by atoms with Gasteiger partial charge in [0.25, 0.3) is 21.6 Å². The molecule has 14 nitrogen and oxygen atoms in total. The van der Waals surface area contributed by atoms with Crippen molar-refractivity contribution in [3.05, 3.63) is 112 Å². The first kappa shape index (κ1) is 43.7. The molecular formula is C49H59N7O7S. The highest BCUT2D eigenvalue weighted by atomic mass is 32.2. The number of ether oxygens (including phenoxy) is 1. The summed E-state index contributed by atoms with van der Waals surface area (Å²) in [6, 6.07) is 22.5. The fraction of sp³-hybridized carbons (Fsp3) is 0.469. The second-order valence-electron chi connectivity index (χ2n) is 19.0. The van der Waals surface area contributed by atoms with E-state index < -0.39 is 37.0 Å². The minimum atomic E-state index is -4.56. The molecule has 4 heterocycles. The third-order valence-electron chi connectivity index (χ3n) is 14.5. The lowest BCUT2D eigenvalue weighted by Crippen LogP contribution is -2.54. The number of aromatic nitrogens is 2. The number of aliphatic hydroxyl groups is 1. The minimum Gasteiger partial charge on any atom is -0.455 e. The van der Waals surface area contributed by atoms with Crippen LogP contribution in [0.3, 0.4) is 0 Å². The number of H-pyrrole nitrogens is 1. The van der Waals surface area contributed by atoms with Crippen molar-refractivity contribution < 1.29 is 28.0 Å². The van der Waals surface area contributed by atoms with Crippen molar-refractivity contribution in [3.8, 4) is 11.5 Å². The molecule has 2 saturated heterocycles. The van der Waals surface area contributed by atoms with Crippen molar-refractivity contribution in [1.82, 2.24) is 19.6 Å². The monoisotopic (exact) mass is 889 g/mol. The average molecular weight is 890 g/mol. The molecule has 2 aromatic heterocycles. The molecule has 4 fully saturated rings. The van der Waals surface area contributed by atoms with Gasteiger partial charge in [0, 0.05) is 61.1 Å². The van der Waals surface area contributed by atoms with Gasteiger partial charge in [-0.05, 0) is 143 Å². The molecule has 3 aromatic carbocycles. The van der Waals surface area contributed by atoms with Gasteiger partial charge in [0.2, 0.25) is 0 Å². The van der Waals surface area contributed by atoms with Crippen LogP contribution in [0.2, 0.25) is 0 Å². The lowest BCUT2D eigenvalue weighted by Gasteiger charge is -2.56. The predicted molar refractivity (Wildman–Crippen MR) is 247 cm³/mol. The molecule has 1 atom stereocenters. The number of amides is 1. The minimum absolute atomic E-state index is 0.0169. The van der Waals surface area contributed by atoms with Gasteiger partial charge in [0.1, 0.15) is 22.8 Å². The highest BCUT2D eigenvalue weighted by Crippen LogP contribution is 2.54. The number of piperidine rings is 1. The molecule has 1 amide bonds. The molecule has 0 unspecified atom stereocenters. The number of hydrogen-bond acceptors (Lipinski definition) is 11. The molecule has 0 bridgehead atoms. The molecule has 9 rings (SSSR count). The van der Waals surface area contributed by atoms with Gasteiger partial charge >= 0.3 is 0 Å². The predicted octanol–water partition coefficient (Wildman–Crippen LogP) is 9.27. The first-order chi connectivity index (χ1) is 30.8. The Morgan fingerprint density at radius 2 is 1.78 bits per heavy atom. The van der Waals surface area contributed by atoms with Crippen LogP contribution >= 0.6 is 0 Å². The third kappa shape index (κ3) is 9.20. The number of nitro groups is 1. The van der Waals surface area contributed by atoms with Crippen molar-refractivity contribution in [2.24, 2.45) is 11.3 Å². The van der Waals surface area contributed by atoms with E-state index in [1.165, 1.54) is 48.9 Å². The summed E-state index contributed by atoms with van der Waals surface area (Å²) in [5, 5.41) is 26.4. The number of carbonyl (C=O) groups is 1. The van der Waals surface area contributed by atoms with Crippen molar-refractivity contribution in [2.45, 2.75) is 113 Å². The van der Waals surface area contributed by atoms with Crippen LogP contribution in [0, 0.1) is 21.4 Å². The molecule has 4 aliphatic rings. The summed E-state index contributed by atoms with van der Waals surface area (Å²) in [5.41, 5.74) is 3.89. The Bertz CT molecular complexity index is 2620. The molecule has 2 aliphatic carbocycles. The second kappa shape index (κ2) is 17.8. The first-order valence-corrected chi connectivity index (χ1v) is 24.4. The molecule has 64 heavy (non-hydrogen) atoms. The number of carbonyl (C=O) groups excluding carboxylic acids is 1. The van der Waals surface area contributed by atoms with E-state index in [4.69, 9.17) is 4.74 Å². The third-order valence-corrected chi connectivity index (χ3v) is 15.8. The first-order valence-electron chi connectivity index (χ1n) is 22.9. The standard InChI is InChI=1S/C49H59N7O7S/c1-3-7-34-8-4-5-9-40(34)43-10-6-23-55(43)37-29-49(30-37)20-24-54(25-21-49)36-11-13-41(45(27-36)63-38-26-35-17-22-50-46(35)52-32-38)47(57)53-64(61,62)39-12-14-42(44(28-39)56(59)60)51-31-33-15-18-48(2,58)19-16-33/h4-5,8-9,11-14,17,22,26-28,32-33,37,43,51,58H,3,6-7,10,15-16,18-21,23-25,29-31H2,1-2H3,(H,50,52)(H,53,57)/t33-,43-,48-/m0/s1. The number of pyridine rings is 1. The van der Waals surface area contributed by atoms with Gasteiger partial charge in [-0.3, -0.25) is 19.8 Å². The second-order valence-corrected chi connectivity index (χ2v) is 20.6. The maximum atomic E-state index is 14.0. The van der Waals surface area contributed by atoms with E-state index in [0.29, 0.717) is 48.3 Å². The largest absolute Gasteiger partial charge is 0.455 e. The molecular weight excluding hydrogens is 831 g/mol. The van der Waals surface area contributed by atoms with E-state index in [-0.39, 0.29) is 22.9 Å². The number of sulfonamides is 1. The summed E-state index contributed by atoms with van der Waals surface area (Å²) in [6.45, 7) is 7.36. The van der Waals surface area contributed by atoms with Crippen LogP contribution in [-0.4, -0.2) is 77.0 Å². The van der Waals surface area contributed by atoms with Crippen molar-refractivity contribution in [1.29, 1.82) is 0 Å². The number of likely N-dealkylation sites (tertiary alicyclic amines) is 1. The topological polar surface area (TPSA) is 183 Å². The van der Waals surface area contributed by atoms with Crippen LogP contribution in [0.25, 0.3) is 11.0 Å². The molecule has 2 aliphatic heterocycles. The van der Waals surface area contributed by atoms with E-state index >= 15 is 0 Å². The Morgan fingerprint density at radius 3 is 2.55 bits per heavy atom. The maximum Gasteiger partial charge on any atom is 0.293 e. The van der Waals surface area contributed by atoms with Crippen LogP contribution in [-0.2, 0) is 16.4 Å². The van der Waals surface area contributed by atoms with Gasteiger partial charge in [-0.1, -0.05) is 37.6 Å². The summed E-state index contributed by atoms with van der Waals surface area (Å²) < 4.78 is 36.0. The number of hydrogen-bond donors (Lipinski definition) is 4. The van der Waals surface area contributed by atoms with Crippen LogP contribution in [0.15, 0.2) is 90.1 Å². The summed E-state index contributed by atoms with van der Waals surface area (Å²) >= 11 is 0. The van der Waals surface area contributed by atoms with Crippen LogP contribution in [0.5, 0.6) is 11.5 Å². The highest BCUT2D eigenvalue weighted by Gasteiger charge is 2.50. The lowest BCUT2D eigenvalue weighted by atomic mass is 9.59. The lowest BCUT2D eigenvalue weighted by molar-refractivity contribution is -0.384. The van der Waals surface area contributed by atoms with Crippen molar-refractivity contribution in [2.75, 3.05) is 36.4 Å². The van der Waals surface area contributed by atoms with Crippen LogP contribution in [0.1, 0.15) is 112 Å². The summed E-state index contributed by atoms with van der Waals surface area (Å²) in [5.74, 6) is -0.204. The summed E-state index contributed by atoms with van der Waals surface area (Å²) in [7, 11) is -4.56. The van der Waals surface area contributed by atoms with Gasteiger partial charge in [-0.2, -0.15) is 0 Å². The van der Waals surface area contributed by atoms with Crippen LogP contribution in [0.4, 0.5) is 17.1 Å². The zero-order chi connectivity index (χ0) is 44.6. The highest BCUT2D eigenvalue weighted by molar-refractivity contribution is 7.90. The molecule has 15 heteroatoms. The quantitative estimate of drug-likeness (QED) is 0.0616. The van der Waals surface area contributed by atoms with Gasteiger partial charge in [0.05, 0.1) is 27.2 Å². The van der Waals surface area contributed by atoms with E-state index in [0.717, 1.165) is 75.3 Å². The number of nitrogens with one attached hydrogen (secondary N) is 3. The smallest absolute Gasteiger partial charge is 0.293 e. The van der Waals surface area contributed by atoms with Gasteiger partial charge in [-0.25, -0.2) is 18.1 Å². The zero-order valence-electron chi connectivity index (χ0n) is 36.7. The fourth-order valence-electron chi connectivity index (χ4n) is 10.8. The molecule has 338 valence electrons. The fourth-order valence-corrected chi connectivity index (χ4v) is 11.8. The molecule has 0 radical (unpaired) electrons. The van der Waals surface area contributed by atoms with E-state index in [9.17, 15) is 28.4 Å². The number of nitrogens with zero attached hydrogens (tertiary/aromatic N) is 4. The molecule has 2 saturated carbocycles. The Kier molecular flexibility index (Phi) is 12.2. The number of benzene rings is 3. The number of fused-ring (bicyclic) bond motifs is 1. The van der Waals surface area contributed by atoms with Gasteiger partial charge < -0.3 is 25.0 Å². The summed E-state index contributed by atoms with van der Waals surface area (Å²) in [6.07, 6.45) is 15.4. The van der Waals surface area contributed by atoms with Crippen LogP contribution < -0.4 is 19.7 Å². The number of rotatable bonds is 14. The maximum absolute atomic E-state index is 14.0. The van der Waals surface area contributed by atoms with E-state index in [1.54, 1.807) is 30.6 Å². The normalized spacial score (nSPS) is 22.6. The molecule has 1 spiro atoms. The number of aryl methyl sites for hydroxylation is 1. The van der Waals surface area contributed by atoms with Crippen molar-refractivity contribution >= 4 is 44.0 Å². The van der Waals surface area contributed by atoms with Gasteiger partial charge in [-0.15, -0.1) is 0 Å². The Morgan fingerprint density at radius 1 is 1.00 bits per heavy atom. The van der Waals surface area contributed by atoms with Crippen molar-refractivity contribution in [3.63, 3.8) is 0 Å². The number of nitro benzene ring substituents is 1. The van der Waals surface area contributed by atoms with E-state index in [2.05, 4.69) is 61.0 Å².